The van der Waals surface area contributed by atoms with Crippen LogP contribution in [0.5, 0.6) is 0 Å². The summed E-state index contributed by atoms with van der Waals surface area (Å²) in [5.74, 6) is 7.43. The molecule has 134 valence electrons. The first-order chi connectivity index (χ1) is 12.0. The zero-order valence-electron chi connectivity index (χ0n) is 13.8. The van der Waals surface area contributed by atoms with E-state index in [4.69, 9.17) is 29.0 Å². The molecule has 1 aromatic carbocycles. The molecule has 3 rings (SSSR count). The molecular weight excluding hydrogens is 381 g/mol. The Morgan fingerprint density at radius 3 is 2.96 bits per heavy atom. The Bertz CT molecular complexity index is 782. The summed E-state index contributed by atoms with van der Waals surface area (Å²) in [7, 11) is 0. The molecule has 1 atom stereocenters. The molecule has 0 radical (unpaired) electrons. The van der Waals surface area contributed by atoms with Gasteiger partial charge in [-0.25, -0.2) is 4.68 Å². The predicted octanol–water partition coefficient (Wildman–Crippen LogP) is 3.32. The minimum absolute atomic E-state index is 0.0990. The molecule has 1 amide bonds. The van der Waals surface area contributed by atoms with Crippen molar-refractivity contribution in [2.24, 2.45) is 5.92 Å². The van der Waals surface area contributed by atoms with Crippen molar-refractivity contribution in [1.82, 2.24) is 19.8 Å². The maximum atomic E-state index is 12.4. The molecule has 1 aliphatic heterocycles. The summed E-state index contributed by atoms with van der Waals surface area (Å²) < 4.78 is 1.34. The highest BCUT2D eigenvalue weighted by molar-refractivity contribution is 7.99. The zero-order chi connectivity index (χ0) is 18.0. The average molecular weight is 400 g/mol. The Balaban J connectivity index is 1.69. The van der Waals surface area contributed by atoms with Gasteiger partial charge < -0.3 is 10.7 Å². The van der Waals surface area contributed by atoms with Crippen LogP contribution in [0.2, 0.25) is 10.0 Å². The molecule has 25 heavy (non-hydrogen) atoms. The van der Waals surface area contributed by atoms with E-state index in [1.807, 2.05) is 4.90 Å². The number of hydrogen-bond donors (Lipinski definition) is 1. The van der Waals surface area contributed by atoms with Crippen molar-refractivity contribution in [2.45, 2.75) is 24.9 Å². The SMILES string of the molecule is C[C@@H]1CCCN(C(=O)CSc2nnc(-c3cc(Cl)ccc3Cl)n2N)C1. The Kier molecular flexibility index (Phi) is 5.76. The Morgan fingerprint density at radius 1 is 1.40 bits per heavy atom. The number of benzene rings is 1. The van der Waals surface area contributed by atoms with Gasteiger partial charge in [0.25, 0.3) is 0 Å². The van der Waals surface area contributed by atoms with Crippen LogP contribution in [0.15, 0.2) is 23.4 Å². The summed E-state index contributed by atoms with van der Waals surface area (Å²) in [4.78, 5) is 14.3. The number of nitrogens with two attached hydrogens (primary N) is 1. The lowest BCUT2D eigenvalue weighted by molar-refractivity contribution is -0.130. The molecule has 2 N–H and O–H groups in total. The average Bonchev–Trinajstić information content (AvgIpc) is 2.95. The highest BCUT2D eigenvalue weighted by atomic mass is 35.5. The van der Waals surface area contributed by atoms with Gasteiger partial charge in [-0.05, 0) is 37.0 Å². The molecule has 9 heteroatoms. The number of halogens is 2. The van der Waals surface area contributed by atoms with Crippen LogP contribution in [-0.4, -0.2) is 44.5 Å². The van der Waals surface area contributed by atoms with Gasteiger partial charge in [-0.1, -0.05) is 41.9 Å². The van der Waals surface area contributed by atoms with Crippen molar-refractivity contribution in [3.63, 3.8) is 0 Å². The number of thioether (sulfide) groups is 1. The van der Waals surface area contributed by atoms with Gasteiger partial charge in [-0.2, -0.15) is 0 Å². The molecule has 0 aliphatic carbocycles. The van der Waals surface area contributed by atoms with Crippen LogP contribution in [-0.2, 0) is 4.79 Å². The van der Waals surface area contributed by atoms with Crippen LogP contribution in [0.4, 0.5) is 0 Å². The smallest absolute Gasteiger partial charge is 0.233 e. The van der Waals surface area contributed by atoms with E-state index in [1.54, 1.807) is 18.2 Å². The van der Waals surface area contributed by atoms with E-state index >= 15 is 0 Å². The van der Waals surface area contributed by atoms with Gasteiger partial charge in [0.1, 0.15) is 0 Å². The molecule has 0 saturated carbocycles. The van der Waals surface area contributed by atoms with E-state index in [0.717, 1.165) is 19.5 Å². The van der Waals surface area contributed by atoms with E-state index in [0.29, 0.717) is 32.5 Å². The van der Waals surface area contributed by atoms with Gasteiger partial charge in [0.2, 0.25) is 11.1 Å². The number of piperidine rings is 1. The van der Waals surface area contributed by atoms with Gasteiger partial charge in [0.15, 0.2) is 5.82 Å². The first-order valence-corrected chi connectivity index (χ1v) is 9.76. The fourth-order valence-corrected chi connectivity index (χ4v) is 3.99. The van der Waals surface area contributed by atoms with Crippen LogP contribution >= 0.6 is 35.0 Å². The van der Waals surface area contributed by atoms with E-state index < -0.39 is 0 Å². The Morgan fingerprint density at radius 2 is 2.20 bits per heavy atom. The van der Waals surface area contributed by atoms with Gasteiger partial charge in [-0.15, -0.1) is 10.2 Å². The molecular formula is C16H19Cl2N5OS. The summed E-state index contributed by atoms with van der Waals surface area (Å²) in [6.45, 7) is 3.81. The summed E-state index contributed by atoms with van der Waals surface area (Å²) in [6.07, 6.45) is 2.24. The zero-order valence-corrected chi connectivity index (χ0v) is 16.1. The number of likely N-dealkylation sites (tertiary alicyclic amines) is 1. The number of rotatable bonds is 4. The highest BCUT2D eigenvalue weighted by Crippen LogP contribution is 2.30. The summed E-state index contributed by atoms with van der Waals surface area (Å²) in [5, 5.41) is 9.64. The highest BCUT2D eigenvalue weighted by Gasteiger charge is 2.22. The molecule has 1 fully saturated rings. The number of carbonyl (C=O) groups excluding carboxylic acids is 1. The van der Waals surface area contributed by atoms with Crippen LogP contribution in [0, 0.1) is 5.92 Å². The molecule has 1 aliphatic rings. The van der Waals surface area contributed by atoms with E-state index in [1.165, 1.54) is 22.9 Å². The topological polar surface area (TPSA) is 77.0 Å². The predicted molar refractivity (Wildman–Crippen MR) is 101 cm³/mol. The van der Waals surface area contributed by atoms with E-state index in [9.17, 15) is 4.79 Å². The number of hydrogen-bond acceptors (Lipinski definition) is 5. The normalized spacial score (nSPS) is 17.7. The molecule has 2 aromatic rings. The number of aromatic nitrogens is 3. The number of carbonyl (C=O) groups is 1. The maximum absolute atomic E-state index is 12.4. The third-order valence-electron chi connectivity index (χ3n) is 4.17. The van der Waals surface area contributed by atoms with Crippen LogP contribution in [0.1, 0.15) is 19.8 Å². The van der Waals surface area contributed by atoms with Crippen molar-refractivity contribution in [1.29, 1.82) is 0 Å². The van der Waals surface area contributed by atoms with Crippen molar-refractivity contribution in [2.75, 3.05) is 24.7 Å². The van der Waals surface area contributed by atoms with Crippen molar-refractivity contribution in [3.8, 4) is 11.4 Å². The maximum Gasteiger partial charge on any atom is 0.233 e. The second-order valence-electron chi connectivity index (χ2n) is 6.18. The molecule has 0 bridgehead atoms. The van der Waals surface area contributed by atoms with Crippen molar-refractivity contribution >= 4 is 40.9 Å². The molecule has 2 heterocycles. The summed E-state index contributed by atoms with van der Waals surface area (Å²) in [5.41, 5.74) is 0.604. The fourth-order valence-electron chi connectivity index (χ4n) is 2.86. The number of nitrogens with zero attached hydrogens (tertiary/aromatic N) is 4. The second kappa shape index (κ2) is 7.85. The first-order valence-electron chi connectivity index (χ1n) is 8.02. The van der Waals surface area contributed by atoms with Crippen molar-refractivity contribution < 1.29 is 4.79 Å². The van der Waals surface area contributed by atoms with Gasteiger partial charge in [0.05, 0.1) is 10.8 Å². The lowest BCUT2D eigenvalue weighted by Gasteiger charge is -2.30. The molecule has 0 spiro atoms. The quantitative estimate of drug-likeness (QED) is 0.630. The lowest BCUT2D eigenvalue weighted by Crippen LogP contribution is -2.40. The minimum Gasteiger partial charge on any atom is -0.342 e. The fraction of sp³-hybridized carbons (Fsp3) is 0.438. The Hall–Kier alpha value is -1.44. The summed E-state index contributed by atoms with van der Waals surface area (Å²) >= 11 is 13.5. The number of amides is 1. The van der Waals surface area contributed by atoms with Gasteiger partial charge in [-0.3, -0.25) is 4.79 Å². The van der Waals surface area contributed by atoms with Crippen LogP contribution in [0.25, 0.3) is 11.4 Å². The third-order valence-corrected chi connectivity index (χ3v) is 5.66. The molecule has 1 saturated heterocycles. The van der Waals surface area contributed by atoms with Gasteiger partial charge in [0, 0.05) is 23.7 Å². The monoisotopic (exact) mass is 399 g/mol. The summed E-state index contributed by atoms with van der Waals surface area (Å²) in [6, 6.07) is 5.06. The van der Waals surface area contributed by atoms with E-state index in [-0.39, 0.29) is 11.7 Å². The molecule has 6 nitrogen and oxygen atoms in total. The van der Waals surface area contributed by atoms with Crippen molar-refractivity contribution in [3.05, 3.63) is 28.2 Å². The standard InChI is InChI=1S/C16H19Cl2N5OS/c1-10-3-2-6-22(8-10)14(24)9-25-16-21-20-15(23(16)19)12-7-11(17)4-5-13(12)18/h4-5,7,10H,2-3,6,8-9,19H2,1H3/t10-/m1/s1. The third kappa shape index (κ3) is 4.22. The minimum atomic E-state index is 0.0990. The van der Waals surface area contributed by atoms with Crippen LogP contribution < -0.4 is 5.84 Å². The van der Waals surface area contributed by atoms with Gasteiger partial charge >= 0.3 is 0 Å². The van der Waals surface area contributed by atoms with Crippen LogP contribution in [0.3, 0.4) is 0 Å². The Labute approximate surface area is 160 Å². The van der Waals surface area contributed by atoms with E-state index in [2.05, 4.69) is 17.1 Å². The largest absolute Gasteiger partial charge is 0.342 e. The first kappa shape index (κ1) is 18.4. The lowest BCUT2D eigenvalue weighted by atomic mass is 10.0. The second-order valence-corrected chi connectivity index (χ2v) is 7.96. The molecule has 0 unspecified atom stereocenters. The molecule has 1 aromatic heterocycles. The number of nitrogen functional groups attached to an aromatic ring is 1.